The summed E-state index contributed by atoms with van der Waals surface area (Å²) in [5, 5.41) is 0. The van der Waals surface area contributed by atoms with Crippen molar-refractivity contribution in [3.63, 3.8) is 0 Å². The van der Waals surface area contributed by atoms with E-state index in [1.165, 1.54) is 0 Å². The SMILES string of the molecule is CC(CCOOC(=O)OC(=O)OCCC(C)CC(C)(C)C)CC(C)(C)C. The fourth-order valence-corrected chi connectivity index (χ4v) is 3.09. The largest absolute Gasteiger partial charge is 0.550 e. The van der Waals surface area contributed by atoms with E-state index in [4.69, 9.17) is 9.62 Å². The van der Waals surface area contributed by atoms with Crippen LogP contribution in [-0.4, -0.2) is 25.5 Å². The van der Waals surface area contributed by atoms with E-state index in [-0.39, 0.29) is 24.0 Å². The third-order valence-electron chi connectivity index (χ3n) is 3.74. The Balaban J connectivity index is 3.78. The highest BCUT2D eigenvalue weighted by molar-refractivity contribution is 5.76. The summed E-state index contributed by atoms with van der Waals surface area (Å²) in [5.74, 6) is 0.850. The molecule has 26 heavy (non-hydrogen) atoms. The van der Waals surface area contributed by atoms with Crippen LogP contribution in [0.25, 0.3) is 0 Å². The molecule has 2 unspecified atom stereocenters. The van der Waals surface area contributed by atoms with Gasteiger partial charge in [0.25, 0.3) is 0 Å². The van der Waals surface area contributed by atoms with E-state index >= 15 is 0 Å². The molecule has 0 aromatic carbocycles. The van der Waals surface area contributed by atoms with Gasteiger partial charge in [0.2, 0.25) is 0 Å². The molecule has 0 fully saturated rings. The van der Waals surface area contributed by atoms with Gasteiger partial charge in [0.05, 0.1) is 13.2 Å². The van der Waals surface area contributed by atoms with Crippen molar-refractivity contribution >= 4 is 12.3 Å². The van der Waals surface area contributed by atoms with Gasteiger partial charge in [-0.05, 0) is 48.3 Å². The maximum Gasteiger partial charge on any atom is 0.550 e. The Labute approximate surface area is 158 Å². The molecule has 0 aromatic heterocycles. The Hall–Kier alpha value is -1.30. The minimum Gasteiger partial charge on any atom is -0.434 e. The van der Waals surface area contributed by atoms with E-state index in [1.54, 1.807) is 0 Å². The monoisotopic (exact) mass is 374 g/mol. The molecule has 0 rings (SSSR count). The predicted molar refractivity (Wildman–Crippen MR) is 101 cm³/mol. The van der Waals surface area contributed by atoms with Gasteiger partial charge < -0.3 is 9.47 Å². The number of rotatable bonds is 9. The van der Waals surface area contributed by atoms with E-state index < -0.39 is 12.3 Å². The summed E-state index contributed by atoms with van der Waals surface area (Å²) in [7, 11) is 0. The molecule has 6 nitrogen and oxygen atoms in total. The minimum absolute atomic E-state index is 0.203. The molecule has 0 aromatic rings. The summed E-state index contributed by atoms with van der Waals surface area (Å²) in [6.07, 6.45) is 1.25. The number of hydrogen-bond acceptors (Lipinski definition) is 6. The Bertz CT molecular complexity index is 419. The molecule has 0 bridgehead atoms. The average Bonchev–Trinajstić information content (AvgIpc) is 2.39. The highest BCUT2D eigenvalue weighted by Gasteiger charge is 2.18. The summed E-state index contributed by atoms with van der Waals surface area (Å²) in [6.45, 7) is 17.7. The van der Waals surface area contributed by atoms with Gasteiger partial charge in [-0.3, -0.25) is 4.89 Å². The number of hydrogen-bond donors (Lipinski definition) is 0. The van der Waals surface area contributed by atoms with Crippen molar-refractivity contribution in [2.45, 2.75) is 81.1 Å². The molecule has 0 aliphatic heterocycles. The molecule has 0 aliphatic rings. The molecule has 0 radical (unpaired) electrons. The van der Waals surface area contributed by atoms with E-state index in [0.29, 0.717) is 18.3 Å². The molecule has 0 saturated heterocycles. The van der Waals surface area contributed by atoms with Gasteiger partial charge in [0, 0.05) is 0 Å². The van der Waals surface area contributed by atoms with Crippen molar-refractivity contribution in [1.82, 2.24) is 0 Å². The number of ether oxygens (including phenoxy) is 2. The third-order valence-corrected chi connectivity index (χ3v) is 3.74. The Kier molecular flexibility index (Phi) is 10.8. The zero-order chi connectivity index (χ0) is 20.4. The molecule has 2 atom stereocenters. The second kappa shape index (κ2) is 11.4. The van der Waals surface area contributed by atoms with Crippen molar-refractivity contribution in [1.29, 1.82) is 0 Å². The first-order chi connectivity index (χ1) is 11.8. The van der Waals surface area contributed by atoms with Crippen LogP contribution in [0.1, 0.15) is 81.1 Å². The van der Waals surface area contributed by atoms with Crippen molar-refractivity contribution in [3.05, 3.63) is 0 Å². The van der Waals surface area contributed by atoms with Crippen LogP contribution < -0.4 is 0 Å². The summed E-state index contributed by atoms with van der Waals surface area (Å²) in [4.78, 5) is 32.0. The van der Waals surface area contributed by atoms with Gasteiger partial charge in [-0.2, -0.15) is 4.89 Å². The minimum atomic E-state index is -1.21. The second-order valence-corrected chi connectivity index (χ2v) is 9.67. The fourth-order valence-electron chi connectivity index (χ4n) is 3.09. The molecule has 0 amide bonds. The first-order valence-corrected chi connectivity index (χ1v) is 9.46. The highest BCUT2D eigenvalue weighted by atomic mass is 17.2. The zero-order valence-electron chi connectivity index (χ0n) is 17.8. The standard InChI is InChI=1S/C20H38O6/c1-15(13-19(3,4)5)9-11-23-17(21)25-18(22)26-24-12-10-16(2)14-20(6,7)8/h15-16H,9-14H2,1-8H3. The molecule has 0 spiro atoms. The molecule has 0 heterocycles. The van der Waals surface area contributed by atoms with E-state index in [0.717, 1.165) is 19.3 Å². The average molecular weight is 375 g/mol. The lowest BCUT2D eigenvalue weighted by Gasteiger charge is -2.23. The Morgan fingerprint density at radius 2 is 1.23 bits per heavy atom. The van der Waals surface area contributed by atoms with Gasteiger partial charge in [-0.15, -0.1) is 0 Å². The third kappa shape index (κ3) is 16.2. The van der Waals surface area contributed by atoms with Crippen LogP contribution in [0.3, 0.4) is 0 Å². The van der Waals surface area contributed by atoms with E-state index in [1.807, 2.05) is 0 Å². The topological polar surface area (TPSA) is 71.1 Å². The molecule has 154 valence electrons. The summed E-state index contributed by atoms with van der Waals surface area (Å²) in [6, 6.07) is 0. The van der Waals surface area contributed by atoms with Crippen molar-refractivity contribution in [2.24, 2.45) is 22.7 Å². The summed E-state index contributed by atoms with van der Waals surface area (Å²) in [5.41, 5.74) is 0.471. The highest BCUT2D eigenvalue weighted by Crippen LogP contribution is 2.26. The van der Waals surface area contributed by atoms with Crippen molar-refractivity contribution in [3.8, 4) is 0 Å². The smallest absolute Gasteiger partial charge is 0.434 e. The quantitative estimate of drug-likeness (QED) is 0.159. The van der Waals surface area contributed by atoms with Crippen molar-refractivity contribution < 1.29 is 28.8 Å². The van der Waals surface area contributed by atoms with Crippen LogP contribution in [-0.2, 0) is 19.2 Å². The summed E-state index contributed by atoms with van der Waals surface area (Å²) < 4.78 is 9.25. The molecular weight excluding hydrogens is 336 g/mol. The van der Waals surface area contributed by atoms with Crippen LogP contribution in [0.15, 0.2) is 0 Å². The molecule has 0 N–H and O–H groups in total. The lowest BCUT2D eigenvalue weighted by Crippen LogP contribution is -2.18. The van der Waals surface area contributed by atoms with Crippen LogP contribution in [0.4, 0.5) is 9.59 Å². The maximum atomic E-state index is 11.4. The van der Waals surface area contributed by atoms with Gasteiger partial charge in [-0.1, -0.05) is 55.4 Å². The number of carbonyl (C=O) groups excluding carboxylic acids is 2. The normalized spacial score (nSPS) is 14.5. The van der Waals surface area contributed by atoms with Gasteiger partial charge in [-0.25, -0.2) is 9.59 Å². The molecular formula is C20H38O6. The van der Waals surface area contributed by atoms with Crippen LogP contribution in [0, 0.1) is 22.7 Å². The first-order valence-electron chi connectivity index (χ1n) is 9.46. The Morgan fingerprint density at radius 3 is 1.69 bits per heavy atom. The predicted octanol–water partition coefficient (Wildman–Crippen LogP) is 6.13. The fraction of sp³-hybridized carbons (Fsp3) is 0.900. The van der Waals surface area contributed by atoms with E-state index in [9.17, 15) is 9.59 Å². The maximum absolute atomic E-state index is 11.4. The van der Waals surface area contributed by atoms with Crippen LogP contribution in [0.5, 0.6) is 0 Å². The zero-order valence-corrected chi connectivity index (χ0v) is 17.8. The van der Waals surface area contributed by atoms with E-state index in [2.05, 4.69) is 65.0 Å². The van der Waals surface area contributed by atoms with Gasteiger partial charge in [0.15, 0.2) is 0 Å². The summed E-state index contributed by atoms with van der Waals surface area (Å²) >= 11 is 0. The first kappa shape index (κ1) is 24.7. The van der Waals surface area contributed by atoms with Crippen LogP contribution >= 0.6 is 0 Å². The second-order valence-electron chi connectivity index (χ2n) is 9.67. The lowest BCUT2D eigenvalue weighted by atomic mass is 9.84. The molecule has 0 saturated carbocycles. The number of carbonyl (C=O) groups is 2. The van der Waals surface area contributed by atoms with Gasteiger partial charge in [0.1, 0.15) is 0 Å². The molecule has 0 aliphatic carbocycles. The Morgan fingerprint density at radius 1 is 0.769 bits per heavy atom. The lowest BCUT2D eigenvalue weighted by molar-refractivity contribution is -0.253. The van der Waals surface area contributed by atoms with Crippen molar-refractivity contribution in [2.75, 3.05) is 13.2 Å². The van der Waals surface area contributed by atoms with Crippen LogP contribution in [0.2, 0.25) is 0 Å². The molecule has 6 heteroatoms. The van der Waals surface area contributed by atoms with Gasteiger partial charge >= 0.3 is 12.3 Å².